The summed E-state index contributed by atoms with van der Waals surface area (Å²) in [5.74, 6) is -0.0419. The molecule has 1 aliphatic rings. The second kappa shape index (κ2) is 7.22. The fraction of sp³-hybridized carbons (Fsp3) is 0.929. The number of nitrogens with one attached hydrogen (secondary N) is 1. The minimum absolute atomic E-state index is 0.0419. The van der Waals surface area contributed by atoms with Gasteiger partial charge in [-0.3, -0.25) is 9.69 Å². The highest BCUT2D eigenvalue weighted by molar-refractivity contribution is 5.82. The quantitative estimate of drug-likeness (QED) is 0.744. The SMILES string of the molecule is CCN1CCN(CCNC(=O)[C@@H](N)C(C)(C)C)CC1. The van der Waals surface area contributed by atoms with Crippen LogP contribution in [0.1, 0.15) is 27.7 Å². The monoisotopic (exact) mass is 270 g/mol. The van der Waals surface area contributed by atoms with E-state index in [9.17, 15) is 4.79 Å². The van der Waals surface area contributed by atoms with Crippen LogP contribution in [0.2, 0.25) is 0 Å². The molecular weight excluding hydrogens is 240 g/mol. The van der Waals surface area contributed by atoms with Crippen LogP contribution in [-0.2, 0) is 4.79 Å². The highest BCUT2D eigenvalue weighted by Crippen LogP contribution is 2.16. The van der Waals surface area contributed by atoms with E-state index in [-0.39, 0.29) is 11.3 Å². The molecule has 1 amide bonds. The Bertz CT molecular complexity index is 280. The van der Waals surface area contributed by atoms with Gasteiger partial charge in [0.25, 0.3) is 0 Å². The maximum Gasteiger partial charge on any atom is 0.237 e. The van der Waals surface area contributed by atoms with Crippen molar-refractivity contribution in [1.29, 1.82) is 0 Å². The molecule has 0 aromatic rings. The third-order valence-corrected chi connectivity index (χ3v) is 3.85. The summed E-state index contributed by atoms with van der Waals surface area (Å²) in [5.41, 5.74) is 5.73. The van der Waals surface area contributed by atoms with Crippen LogP contribution in [0.4, 0.5) is 0 Å². The smallest absolute Gasteiger partial charge is 0.237 e. The summed E-state index contributed by atoms with van der Waals surface area (Å²) in [7, 11) is 0. The fourth-order valence-electron chi connectivity index (χ4n) is 2.17. The van der Waals surface area contributed by atoms with Crippen molar-refractivity contribution in [3.8, 4) is 0 Å². The van der Waals surface area contributed by atoms with Crippen molar-refractivity contribution in [1.82, 2.24) is 15.1 Å². The molecule has 112 valence electrons. The molecule has 1 atom stereocenters. The Kier molecular flexibility index (Phi) is 6.23. The number of hydrogen-bond acceptors (Lipinski definition) is 4. The van der Waals surface area contributed by atoms with Gasteiger partial charge in [0, 0.05) is 39.3 Å². The summed E-state index contributed by atoms with van der Waals surface area (Å²) >= 11 is 0. The van der Waals surface area contributed by atoms with E-state index >= 15 is 0 Å². The van der Waals surface area contributed by atoms with E-state index in [0.717, 1.165) is 39.3 Å². The topological polar surface area (TPSA) is 61.6 Å². The van der Waals surface area contributed by atoms with Crippen molar-refractivity contribution in [3.63, 3.8) is 0 Å². The molecule has 1 fully saturated rings. The van der Waals surface area contributed by atoms with Gasteiger partial charge < -0.3 is 16.0 Å². The molecule has 0 unspecified atom stereocenters. The van der Waals surface area contributed by atoms with Crippen molar-refractivity contribution < 1.29 is 4.79 Å². The molecule has 1 heterocycles. The van der Waals surface area contributed by atoms with Gasteiger partial charge in [-0.05, 0) is 12.0 Å². The van der Waals surface area contributed by atoms with E-state index in [2.05, 4.69) is 22.0 Å². The van der Waals surface area contributed by atoms with Crippen molar-refractivity contribution in [2.75, 3.05) is 45.8 Å². The summed E-state index contributed by atoms with van der Waals surface area (Å²) in [6.45, 7) is 15.3. The van der Waals surface area contributed by atoms with Crippen molar-refractivity contribution in [3.05, 3.63) is 0 Å². The normalized spacial score (nSPS) is 20.3. The largest absolute Gasteiger partial charge is 0.353 e. The van der Waals surface area contributed by atoms with Gasteiger partial charge in [0.15, 0.2) is 0 Å². The van der Waals surface area contributed by atoms with E-state index in [1.165, 1.54) is 0 Å². The Morgan fingerprint density at radius 3 is 2.21 bits per heavy atom. The lowest BCUT2D eigenvalue weighted by Crippen LogP contribution is -2.51. The molecule has 0 aromatic heterocycles. The molecule has 1 aliphatic heterocycles. The van der Waals surface area contributed by atoms with Crippen molar-refractivity contribution in [2.45, 2.75) is 33.7 Å². The Labute approximate surface area is 117 Å². The zero-order chi connectivity index (χ0) is 14.5. The van der Waals surface area contributed by atoms with Gasteiger partial charge >= 0.3 is 0 Å². The first-order chi connectivity index (χ1) is 8.84. The maximum absolute atomic E-state index is 11.9. The van der Waals surface area contributed by atoms with Crippen LogP contribution in [0.25, 0.3) is 0 Å². The highest BCUT2D eigenvalue weighted by atomic mass is 16.2. The molecule has 0 bridgehead atoms. The second-order valence-corrected chi connectivity index (χ2v) is 6.41. The van der Waals surface area contributed by atoms with Gasteiger partial charge in [-0.2, -0.15) is 0 Å². The number of nitrogens with two attached hydrogens (primary N) is 1. The first-order valence-electron chi connectivity index (χ1n) is 7.32. The van der Waals surface area contributed by atoms with Crippen LogP contribution in [0, 0.1) is 5.41 Å². The van der Waals surface area contributed by atoms with Crippen LogP contribution < -0.4 is 11.1 Å². The summed E-state index contributed by atoms with van der Waals surface area (Å²) < 4.78 is 0. The molecule has 0 aromatic carbocycles. The predicted octanol–water partition coefficient (Wildman–Crippen LogP) is 0.114. The first kappa shape index (κ1) is 16.4. The summed E-state index contributed by atoms with van der Waals surface area (Å²) in [6, 6.07) is -0.440. The average Bonchev–Trinajstić information content (AvgIpc) is 2.37. The highest BCUT2D eigenvalue weighted by Gasteiger charge is 2.27. The molecule has 5 nitrogen and oxygen atoms in total. The molecule has 0 spiro atoms. The zero-order valence-corrected chi connectivity index (χ0v) is 12.9. The van der Waals surface area contributed by atoms with Crippen LogP contribution in [0.15, 0.2) is 0 Å². The molecule has 0 aliphatic carbocycles. The summed E-state index contributed by atoms with van der Waals surface area (Å²) in [5, 5.41) is 2.94. The number of nitrogens with zero attached hydrogens (tertiary/aromatic N) is 2. The predicted molar refractivity (Wildman–Crippen MR) is 79.0 cm³/mol. The van der Waals surface area contributed by atoms with E-state index in [0.29, 0.717) is 6.54 Å². The standard InChI is InChI=1S/C14H30N4O/c1-5-17-8-10-18(11-9-17)7-6-16-13(19)12(15)14(2,3)4/h12H,5-11,15H2,1-4H3,(H,16,19)/t12-/m1/s1. The lowest BCUT2D eigenvalue weighted by molar-refractivity contribution is -0.124. The van der Waals surface area contributed by atoms with Crippen LogP contribution in [-0.4, -0.2) is 67.6 Å². The van der Waals surface area contributed by atoms with Crippen molar-refractivity contribution >= 4 is 5.91 Å². The molecule has 1 saturated heterocycles. The Hall–Kier alpha value is -0.650. The Morgan fingerprint density at radius 2 is 1.74 bits per heavy atom. The number of carbonyl (C=O) groups is 1. The van der Waals surface area contributed by atoms with E-state index in [4.69, 9.17) is 5.73 Å². The van der Waals surface area contributed by atoms with Gasteiger partial charge in [-0.15, -0.1) is 0 Å². The summed E-state index contributed by atoms with van der Waals surface area (Å²) in [6.07, 6.45) is 0. The number of amides is 1. The van der Waals surface area contributed by atoms with Crippen LogP contribution >= 0.6 is 0 Å². The molecule has 0 radical (unpaired) electrons. The number of likely N-dealkylation sites (N-methyl/N-ethyl adjacent to an activating group) is 1. The number of rotatable bonds is 5. The third kappa shape index (κ3) is 5.47. The van der Waals surface area contributed by atoms with Gasteiger partial charge in [-0.1, -0.05) is 27.7 Å². The minimum atomic E-state index is -0.440. The second-order valence-electron chi connectivity index (χ2n) is 6.41. The minimum Gasteiger partial charge on any atom is -0.353 e. The molecule has 1 rings (SSSR count). The number of carbonyl (C=O) groups excluding carboxylic acids is 1. The lowest BCUT2D eigenvalue weighted by atomic mass is 9.87. The van der Waals surface area contributed by atoms with Gasteiger partial charge in [0.1, 0.15) is 0 Å². The zero-order valence-electron chi connectivity index (χ0n) is 12.9. The molecule has 5 heteroatoms. The first-order valence-corrected chi connectivity index (χ1v) is 7.32. The number of piperazine rings is 1. The van der Waals surface area contributed by atoms with Crippen molar-refractivity contribution in [2.24, 2.45) is 11.1 Å². The summed E-state index contributed by atoms with van der Waals surface area (Å²) in [4.78, 5) is 16.7. The van der Waals surface area contributed by atoms with E-state index < -0.39 is 6.04 Å². The maximum atomic E-state index is 11.9. The molecule has 19 heavy (non-hydrogen) atoms. The van der Waals surface area contributed by atoms with Gasteiger partial charge in [-0.25, -0.2) is 0 Å². The number of hydrogen-bond donors (Lipinski definition) is 2. The Morgan fingerprint density at radius 1 is 1.21 bits per heavy atom. The third-order valence-electron chi connectivity index (χ3n) is 3.85. The van der Waals surface area contributed by atoms with Gasteiger partial charge in [0.2, 0.25) is 5.91 Å². The van der Waals surface area contributed by atoms with E-state index in [1.54, 1.807) is 0 Å². The molecule has 0 saturated carbocycles. The lowest BCUT2D eigenvalue weighted by Gasteiger charge is -2.34. The molecule has 3 N–H and O–H groups in total. The van der Waals surface area contributed by atoms with Crippen LogP contribution in [0.5, 0.6) is 0 Å². The van der Waals surface area contributed by atoms with E-state index in [1.807, 2.05) is 20.8 Å². The average molecular weight is 270 g/mol. The molecular formula is C14H30N4O. The fourth-order valence-corrected chi connectivity index (χ4v) is 2.17. The van der Waals surface area contributed by atoms with Gasteiger partial charge in [0.05, 0.1) is 6.04 Å². The van der Waals surface area contributed by atoms with Crippen LogP contribution in [0.3, 0.4) is 0 Å². The Balaban J connectivity index is 2.19.